The van der Waals surface area contributed by atoms with Gasteiger partial charge in [-0.1, -0.05) is 25.0 Å². The monoisotopic (exact) mass is 398 g/mol. The first-order valence-corrected chi connectivity index (χ1v) is 11.3. The average molecular weight is 399 g/mol. The Labute approximate surface area is 173 Å². The SMILES string of the molecule is CC1CN(c2nc3c(c(=O)[nH]2)CCN(CC2=C4CC(CC2)C4(C)C)C3)CC(C)O1. The van der Waals surface area contributed by atoms with Crippen LogP contribution < -0.4 is 10.5 Å². The van der Waals surface area contributed by atoms with E-state index in [9.17, 15) is 4.79 Å². The molecule has 5 aliphatic rings. The Morgan fingerprint density at radius 2 is 1.97 bits per heavy atom. The van der Waals surface area contributed by atoms with Gasteiger partial charge in [0.25, 0.3) is 5.56 Å². The van der Waals surface area contributed by atoms with Crippen molar-refractivity contribution in [3.8, 4) is 0 Å². The number of aromatic nitrogens is 2. The zero-order valence-electron chi connectivity index (χ0n) is 18.3. The van der Waals surface area contributed by atoms with Crippen molar-refractivity contribution in [1.82, 2.24) is 14.9 Å². The molecule has 158 valence electrons. The maximum atomic E-state index is 12.7. The van der Waals surface area contributed by atoms with E-state index in [1.165, 1.54) is 19.3 Å². The first-order chi connectivity index (χ1) is 13.8. The number of hydrogen-bond acceptors (Lipinski definition) is 5. The third kappa shape index (κ3) is 3.34. The van der Waals surface area contributed by atoms with Crippen molar-refractivity contribution in [2.24, 2.45) is 11.3 Å². The molecular formula is C23H34N4O2. The summed E-state index contributed by atoms with van der Waals surface area (Å²) in [4.78, 5) is 25.4. The van der Waals surface area contributed by atoms with Crippen LogP contribution in [0.15, 0.2) is 15.9 Å². The normalized spacial score (nSPS) is 31.4. The van der Waals surface area contributed by atoms with Crippen molar-refractivity contribution >= 4 is 5.95 Å². The number of morpholine rings is 1. The molecule has 0 spiro atoms. The number of anilines is 1. The molecule has 3 unspecified atom stereocenters. The van der Waals surface area contributed by atoms with Gasteiger partial charge in [-0.05, 0) is 50.9 Å². The first-order valence-electron chi connectivity index (χ1n) is 11.3. The number of fused-ring (bicyclic) bond motifs is 3. The lowest BCUT2D eigenvalue weighted by atomic mass is 9.52. The number of ether oxygens (including phenoxy) is 1. The maximum absolute atomic E-state index is 12.7. The van der Waals surface area contributed by atoms with E-state index in [1.54, 1.807) is 11.1 Å². The summed E-state index contributed by atoms with van der Waals surface area (Å²) in [6.07, 6.45) is 4.98. The molecule has 0 amide bonds. The van der Waals surface area contributed by atoms with E-state index in [4.69, 9.17) is 9.72 Å². The number of H-pyrrole nitrogens is 1. The van der Waals surface area contributed by atoms with Crippen molar-refractivity contribution in [1.29, 1.82) is 0 Å². The predicted octanol–water partition coefficient (Wildman–Crippen LogP) is 2.88. The lowest BCUT2D eigenvalue weighted by Gasteiger charge is -2.53. The molecule has 0 radical (unpaired) electrons. The predicted molar refractivity (Wildman–Crippen MR) is 114 cm³/mol. The van der Waals surface area contributed by atoms with E-state index >= 15 is 0 Å². The van der Waals surface area contributed by atoms with E-state index in [2.05, 4.69) is 42.5 Å². The van der Waals surface area contributed by atoms with Gasteiger partial charge in [-0.3, -0.25) is 14.7 Å². The largest absolute Gasteiger partial charge is 0.372 e. The molecule has 6 rings (SSSR count). The van der Waals surface area contributed by atoms with Crippen molar-refractivity contribution in [3.05, 3.63) is 32.8 Å². The van der Waals surface area contributed by atoms with E-state index in [1.807, 2.05) is 0 Å². The van der Waals surface area contributed by atoms with Crippen molar-refractivity contribution in [2.75, 3.05) is 31.1 Å². The topological polar surface area (TPSA) is 61.5 Å². The van der Waals surface area contributed by atoms with Gasteiger partial charge in [0.1, 0.15) is 0 Å². The highest BCUT2D eigenvalue weighted by Gasteiger charge is 2.47. The summed E-state index contributed by atoms with van der Waals surface area (Å²) in [6.45, 7) is 13.3. The van der Waals surface area contributed by atoms with Crippen molar-refractivity contribution in [3.63, 3.8) is 0 Å². The van der Waals surface area contributed by atoms with Crippen LogP contribution in [0.25, 0.3) is 0 Å². The molecule has 2 fully saturated rings. The number of hydrogen-bond donors (Lipinski definition) is 1. The molecule has 3 atom stereocenters. The third-order valence-corrected chi connectivity index (χ3v) is 7.74. The van der Waals surface area contributed by atoms with Crippen LogP contribution in [0.1, 0.15) is 58.2 Å². The highest BCUT2D eigenvalue weighted by atomic mass is 16.5. The lowest BCUT2D eigenvalue weighted by molar-refractivity contribution is -0.00576. The molecule has 1 saturated carbocycles. The second-order valence-electron chi connectivity index (χ2n) is 10.2. The number of allylic oxidation sites excluding steroid dienone is 1. The maximum Gasteiger partial charge on any atom is 0.255 e. The van der Waals surface area contributed by atoms with Crippen LogP contribution in [0, 0.1) is 11.3 Å². The van der Waals surface area contributed by atoms with E-state index < -0.39 is 0 Å². The number of nitrogens with one attached hydrogen (secondary N) is 1. The van der Waals surface area contributed by atoms with Gasteiger partial charge in [-0.2, -0.15) is 0 Å². The molecule has 3 aliphatic carbocycles. The minimum absolute atomic E-state index is 0.0408. The molecule has 1 N–H and O–H groups in total. The Morgan fingerprint density at radius 1 is 1.21 bits per heavy atom. The second kappa shape index (κ2) is 6.95. The minimum Gasteiger partial charge on any atom is -0.372 e. The molecule has 1 saturated heterocycles. The van der Waals surface area contributed by atoms with E-state index in [-0.39, 0.29) is 17.8 Å². The third-order valence-electron chi connectivity index (χ3n) is 7.74. The first kappa shape index (κ1) is 19.3. The molecule has 2 bridgehead atoms. The zero-order chi connectivity index (χ0) is 20.3. The molecule has 29 heavy (non-hydrogen) atoms. The van der Waals surface area contributed by atoms with Gasteiger partial charge in [0.15, 0.2) is 0 Å². The Kier molecular flexibility index (Phi) is 4.63. The van der Waals surface area contributed by atoms with Crippen molar-refractivity contribution in [2.45, 2.75) is 72.1 Å². The fraction of sp³-hybridized carbons (Fsp3) is 0.739. The molecular weight excluding hydrogens is 364 g/mol. The Hall–Kier alpha value is -1.66. The van der Waals surface area contributed by atoms with Gasteiger partial charge < -0.3 is 9.64 Å². The van der Waals surface area contributed by atoms with Crippen molar-refractivity contribution < 1.29 is 4.74 Å². The lowest BCUT2D eigenvalue weighted by Crippen LogP contribution is -2.47. The van der Waals surface area contributed by atoms with Crippen LogP contribution >= 0.6 is 0 Å². The molecule has 2 aliphatic heterocycles. The van der Waals surface area contributed by atoms with E-state index in [0.717, 1.165) is 56.3 Å². The Balaban J connectivity index is 1.36. The van der Waals surface area contributed by atoms with Gasteiger partial charge >= 0.3 is 0 Å². The molecule has 6 nitrogen and oxygen atoms in total. The molecule has 1 aromatic rings. The van der Waals surface area contributed by atoms with Gasteiger partial charge in [-0.15, -0.1) is 0 Å². The van der Waals surface area contributed by atoms with Gasteiger partial charge in [0.2, 0.25) is 5.95 Å². The summed E-state index contributed by atoms with van der Waals surface area (Å²) >= 11 is 0. The smallest absolute Gasteiger partial charge is 0.255 e. The Bertz CT molecular complexity index is 893. The van der Waals surface area contributed by atoms with Crippen LogP contribution in [0.5, 0.6) is 0 Å². The van der Waals surface area contributed by atoms with E-state index in [0.29, 0.717) is 11.4 Å². The summed E-state index contributed by atoms with van der Waals surface area (Å²) in [7, 11) is 0. The summed E-state index contributed by atoms with van der Waals surface area (Å²) in [6, 6.07) is 0. The minimum atomic E-state index is 0.0408. The standard InChI is InChI=1S/C23H34N4O2/c1-14-10-27(11-15(2)29-14)22-24-20-13-26(8-7-18(20)21(28)25-22)12-16-5-6-17-9-19(16)23(17,3)4/h14-15,17H,5-13H2,1-4H3,(H,24,25,28). The summed E-state index contributed by atoms with van der Waals surface area (Å²) < 4.78 is 5.84. The molecule has 0 aromatic carbocycles. The average Bonchev–Trinajstić information content (AvgIpc) is 2.67. The summed E-state index contributed by atoms with van der Waals surface area (Å²) in [5.74, 6) is 1.60. The fourth-order valence-corrected chi connectivity index (χ4v) is 6.00. The quantitative estimate of drug-likeness (QED) is 0.794. The molecule has 1 aromatic heterocycles. The van der Waals surface area contributed by atoms with Crippen LogP contribution in [0.3, 0.4) is 0 Å². The zero-order valence-corrected chi connectivity index (χ0v) is 18.3. The number of aromatic amines is 1. The summed E-state index contributed by atoms with van der Waals surface area (Å²) in [5.41, 5.74) is 5.66. The molecule has 3 heterocycles. The van der Waals surface area contributed by atoms with Gasteiger partial charge in [-0.25, -0.2) is 4.98 Å². The number of nitrogens with zero attached hydrogens (tertiary/aromatic N) is 3. The number of rotatable bonds is 3. The highest BCUT2D eigenvalue weighted by molar-refractivity contribution is 5.37. The summed E-state index contributed by atoms with van der Waals surface area (Å²) in [5, 5.41) is 0. The fourth-order valence-electron chi connectivity index (χ4n) is 6.00. The van der Waals surface area contributed by atoms with Crippen LogP contribution in [-0.2, 0) is 17.7 Å². The molecule has 6 heteroatoms. The van der Waals surface area contributed by atoms with Crippen LogP contribution in [0.2, 0.25) is 0 Å². The second-order valence-corrected chi connectivity index (χ2v) is 10.2. The van der Waals surface area contributed by atoms with Gasteiger partial charge in [0, 0.05) is 38.3 Å². The Morgan fingerprint density at radius 3 is 2.66 bits per heavy atom. The highest BCUT2D eigenvalue weighted by Crippen LogP contribution is 2.58. The van der Waals surface area contributed by atoms with Crippen LogP contribution in [0.4, 0.5) is 5.95 Å². The van der Waals surface area contributed by atoms with Crippen LogP contribution in [-0.4, -0.2) is 53.3 Å². The van der Waals surface area contributed by atoms with Gasteiger partial charge in [0.05, 0.1) is 17.9 Å².